The van der Waals surface area contributed by atoms with Gasteiger partial charge in [-0.2, -0.15) is 5.10 Å². The molecule has 3 saturated carbocycles. The summed E-state index contributed by atoms with van der Waals surface area (Å²) in [6.45, 7) is -0.231. The molecule has 3 aliphatic carbocycles. The molecular formula is C22H19ClFN5O3. The van der Waals surface area contributed by atoms with E-state index in [2.05, 4.69) is 20.7 Å². The maximum atomic E-state index is 13.5. The van der Waals surface area contributed by atoms with Crippen molar-refractivity contribution in [1.29, 1.82) is 0 Å². The van der Waals surface area contributed by atoms with Crippen LogP contribution in [-0.4, -0.2) is 44.3 Å². The topological polar surface area (TPSA) is 98.1 Å². The predicted molar refractivity (Wildman–Crippen MR) is 113 cm³/mol. The van der Waals surface area contributed by atoms with Gasteiger partial charge in [0.1, 0.15) is 11.6 Å². The minimum absolute atomic E-state index is 0.00830. The van der Waals surface area contributed by atoms with Crippen LogP contribution in [0, 0.1) is 5.82 Å². The number of pyridine rings is 1. The average molecular weight is 456 g/mol. The van der Waals surface area contributed by atoms with Gasteiger partial charge in [-0.25, -0.2) is 14.1 Å². The minimum Gasteiger partial charge on any atom is -0.484 e. The van der Waals surface area contributed by atoms with Crippen LogP contribution in [-0.2, 0) is 4.79 Å². The largest absolute Gasteiger partial charge is 0.484 e. The van der Waals surface area contributed by atoms with E-state index in [1.54, 1.807) is 41.5 Å². The van der Waals surface area contributed by atoms with Gasteiger partial charge in [0.15, 0.2) is 12.4 Å². The fourth-order valence-corrected chi connectivity index (χ4v) is 4.68. The number of hydrogen-bond acceptors (Lipinski definition) is 5. The van der Waals surface area contributed by atoms with Crippen molar-refractivity contribution in [3.63, 3.8) is 0 Å². The molecule has 0 atom stereocenters. The maximum Gasteiger partial charge on any atom is 0.258 e. The highest BCUT2D eigenvalue weighted by atomic mass is 35.5. The summed E-state index contributed by atoms with van der Waals surface area (Å²) in [5.41, 5.74) is -0.233. The van der Waals surface area contributed by atoms with Gasteiger partial charge in [0.2, 0.25) is 0 Å². The molecule has 2 bridgehead atoms. The lowest BCUT2D eigenvalue weighted by atomic mass is 9.44. The van der Waals surface area contributed by atoms with Gasteiger partial charge in [-0.3, -0.25) is 9.59 Å². The standard InChI is InChI=1S/C22H19ClFN5O3/c23-16-5-4-14(9-17(16)24)32-10-18(30)27-21-11-22(12-21,13-21)28-20(31)15-3-1-6-25-19(15)29-8-2-7-26-29/h1-9H,10-13H2,(H,27,30)(H,28,31). The van der Waals surface area contributed by atoms with Crippen LogP contribution < -0.4 is 15.4 Å². The number of rotatable bonds is 7. The Labute approximate surface area is 187 Å². The Morgan fingerprint density at radius 2 is 1.91 bits per heavy atom. The average Bonchev–Trinajstić information content (AvgIpc) is 3.27. The lowest BCUT2D eigenvalue weighted by Gasteiger charge is -2.70. The third-order valence-electron chi connectivity index (χ3n) is 5.83. The number of nitrogens with one attached hydrogen (secondary N) is 2. The molecule has 3 fully saturated rings. The Balaban J connectivity index is 1.14. The number of aromatic nitrogens is 3. The lowest BCUT2D eigenvalue weighted by Crippen LogP contribution is -2.84. The molecule has 0 spiro atoms. The molecule has 10 heteroatoms. The van der Waals surface area contributed by atoms with E-state index in [4.69, 9.17) is 16.3 Å². The van der Waals surface area contributed by atoms with Crippen molar-refractivity contribution in [2.24, 2.45) is 0 Å². The smallest absolute Gasteiger partial charge is 0.258 e. The Hall–Kier alpha value is -3.46. The molecule has 2 aromatic heterocycles. The van der Waals surface area contributed by atoms with E-state index >= 15 is 0 Å². The van der Waals surface area contributed by atoms with E-state index in [0.29, 0.717) is 30.6 Å². The van der Waals surface area contributed by atoms with E-state index in [1.165, 1.54) is 12.1 Å². The highest BCUT2D eigenvalue weighted by Crippen LogP contribution is 2.60. The molecule has 32 heavy (non-hydrogen) atoms. The zero-order valence-corrected chi connectivity index (χ0v) is 17.6. The molecule has 3 aromatic rings. The molecule has 3 aliphatic rings. The van der Waals surface area contributed by atoms with Crippen molar-refractivity contribution in [2.75, 3.05) is 6.61 Å². The number of carbonyl (C=O) groups is 2. The molecule has 2 N–H and O–H groups in total. The Morgan fingerprint density at radius 1 is 1.12 bits per heavy atom. The molecule has 8 nitrogen and oxygen atoms in total. The Morgan fingerprint density at radius 3 is 2.62 bits per heavy atom. The van der Waals surface area contributed by atoms with Crippen LogP contribution in [0.2, 0.25) is 5.02 Å². The summed E-state index contributed by atoms with van der Waals surface area (Å²) in [4.78, 5) is 29.4. The van der Waals surface area contributed by atoms with Crippen LogP contribution >= 0.6 is 11.6 Å². The molecule has 6 rings (SSSR count). The van der Waals surface area contributed by atoms with Crippen molar-refractivity contribution in [3.05, 3.63) is 71.4 Å². The Bertz CT molecular complexity index is 1180. The molecular weight excluding hydrogens is 437 g/mol. The molecule has 1 aromatic carbocycles. The highest BCUT2D eigenvalue weighted by molar-refractivity contribution is 6.30. The molecule has 0 aliphatic heterocycles. The maximum absolute atomic E-state index is 13.5. The van der Waals surface area contributed by atoms with Crippen LogP contribution in [0.5, 0.6) is 5.75 Å². The molecule has 0 saturated heterocycles. The van der Waals surface area contributed by atoms with Gasteiger partial charge >= 0.3 is 0 Å². The van der Waals surface area contributed by atoms with Crippen molar-refractivity contribution >= 4 is 23.4 Å². The number of carbonyl (C=O) groups excluding carboxylic acids is 2. The first-order valence-corrected chi connectivity index (χ1v) is 10.4. The Kier molecular flexibility index (Phi) is 4.85. The summed E-state index contributed by atoms with van der Waals surface area (Å²) in [5.74, 6) is -0.441. The van der Waals surface area contributed by atoms with Gasteiger partial charge in [-0.15, -0.1) is 0 Å². The van der Waals surface area contributed by atoms with Crippen LogP contribution in [0.25, 0.3) is 5.82 Å². The van der Waals surface area contributed by atoms with Crippen LogP contribution in [0.4, 0.5) is 4.39 Å². The fraction of sp³-hybridized carbons (Fsp3) is 0.273. The SMILES string of the molecule is O=C(COc1ccc(Cl)c(F)c1)NC12CC(NC(=O)c3cccnc3-n3cccn3)(C1)C2. The van der Waals surface area contributed by atoms with Crippen molar-refractivity contribution in [2.45, 2.75) is 30.3 Å². The van der Waals surface area contributed by atoms with Gasteiger partial charge in [0.05, 0.1) is 10.6 Å². The molecule has 0 unspecified atom stereocenters. The van der Waals surface area contributed by atoms with Gasteiger partial charge < -0.3 is 15.4 Å². The second kappa shape index (κ2) is 7.59. The third-order valence-corrected chi connectivity index (χ3v) is 6.13. The summed E-state index contributed by atoms with van der Waals surface area (Å²) < 4.78 is 20.3. The molecule has 2 amide bonds. The van der Waals surface area contributed by atoms with Crippen molar-refractivity contribution in [1.82, 2.24) is 25.4 Å². The second-order valence-corrected chi connectivity index (χ2v) is 8.69. The van der Waals surface area contributed by atoms with Crippen LogP contribution in [0.15, 0.2) is 55.0 Å². The lowest BCUT2D eigenvalue weighted by molar-refractivity contribution is -0.141. The number of hydrogen-bond donors (Lipinski definition) is 2. The van der Waals surface area contributed by atoms with Crippen LogP contribution in [0.3, 0.4) is 0 Å². The number of halogens is 2. The first-order valence-electron chi connectivity index (χ1n) is 10.0. The van der Waals surface area contributed by atoms with E-state index in [9.17, 15) is 14.0 Å². The van der Waals surface area contributed by atoms with Crippen LogP contribution in [0.1, 0.15) is 29.6 Å². The number of benzene rings is 1. The zero-order chi connectivity index (χ0) is 22.3. The number of ether oxygens (including phenoxy) is 1. The van der Waals surface area contributed by atoms with Crippen molar-refractivity contribution in [3.8, 4) is 11.6 Å². The van der Waals surface area contributed by atoms with E-state index in [1.807, 2.05) is 0 Å². The van der Waals surface area contributed by atoms with E-state index < -0.39 is 5.82 Å². The summed E-state index contributed by atoms with van der Waals surface area (Å²) >= 11 is 5.64. The quantitative estimate of drug-likeness (QED) is 0.570. The summed E-state index contributed by atoms with van der Waals surface area (Å²) in [7, 11) is 0. The number of amides is 2. The monoisotopic (exact) mass is 455 g/mol. The second-order valence-electron chi connectivity index (χ2n) is 8.28. The first kappa shape index (κ1) is 20.4. The zero-order valence-electron chi connectivity index (χ0n) is 16.8. The van der Waals surface area contributed by atoms with Gasteiger partial charge in [0.25, 0.3) is 11.8 Å². The third kappa shape index (κ3) is 3.69. The minimum atomic E-state index is -0.606. The normalized spacial score (nSPS) is 22.9. The fourth-order valence-electron chi connectivity index (χ4n) is 4.56. The molecule has 0 radical (unpaired) electrons. The van der Waals surface area contributed by atoms with E-state index in [0.717, 1.165) is 6.07 Å². The summed E-state index contributed by atoms with van der Waals surface area (Å²) in [6.07, 6.45) is 6.89. The first-order chi connectivity index (χ1) is 15.4. The highest BCUT2D eigenvalue weighted by Gasteiger charge is 2.69. The summed E-state index contributed by atoms with van der Waals surface area (Å²) in [5, 5.41) is 10.2. The van der Waals surface area contributed by atoms with Gasteiger partial charge in [-0.1, -0.05) is 11.6 Å². The summed E-state index contributed by atoms with van der Waals surface area (Å²) in [6, 6.07) is 9.18. The number of nitrogens with zero attached hydrogens (tertiary/aromatic N) is 3. The van der Waals surface area contributed by atoms with Gasteiger partial charge in [0, 0.05) is 35.7 Å². The molecule has 2 heterocycles. The van der Waals surface area contributed by atoms with E-state index in [-0.39, 0.29) is 40.3 Å². The molecule has 164 valence electrons. The van der Waals surface area contributed by atoms with Gasteiger partial charge in [-0.05, 0) is 49.6 Å². The van der Waals surface area contributed by atoms with Crippen molar-refractivity contribution < 1.29 is 18.7 Å². The predicted octanol–water partition coefficient (Wildman–Crippen LogP) is 2.66.